The van der Waals surface area contributed by atoms with Crippen LogP contribution in [0, 0.1) is 6.92 Å². The van der Waals surface area contributed by atoms with Gasteiger partial charge in [-0.3, -0.25) is 4.79 Å². The van der Waals surface area contributed by atoms with E-state index in [-0.39, 0.29) is 12.4 Å². The van der Waals surface area contributed by atoms with E-state index in [1.165, 1.54) is 25.1 Å². The van der Waals surface area contributed by atoms with E-state index in [1.807, 2.05) is 24.3 Å². The Morgan fingerprint density at radius 1 is 1.18 bits per heavy atom. The molecule has 0 radical (unpaired) electrons. The summed E-state index contributed by atoms with van der Waals surface area (Å²) in [5.41, 5.74) is 1.01. The summed E-state index contributed by atoms with van der Waals surface area (Å²) in [6.45, 7) is 1.76. The Morgan fingerprint density at radius 2 is 1.91 bits per heavy atom. The van der Waals surface area contributed by atoms with Gasteiger partial charge >= 0.3 is 5.63 Å². The molecule has 8 nitrogen and oxygen atoms in total. The van der Waals surface area contributed by atoms with E-state index < -0.39 is 22.7 Å². The Labute approximate surface area is 196 Å². The summed E-state index contributed by atoms with van der Waals surface area (Å²) in [5, 5.41) is 18.1. The largest absolute Gasteiger partial charge is 0.507 e. The Bertz CT molecular complexity index is 1370. The SMILES string of the molecule is Cc1cc(O)c(C(=O)/C=C/c2ccc(OCc3cn(-c4ccc(Br)cc4)nn3)cc2)c(=O)o1. The summed E-state index contributed by atoms with van der Waals surface area (Å²) in [7, 11) is 0. The third-order valence-corrected chi connectivity index (χ3v) is 5.15. The Balaban J connectivity index is 1.37. The predicted octanol–water partition coefficient (Wildman–Crippen LogP) is 4.47. The number of nitrogens with zero attached hydrogens (tertiary/aromatic N) is 3. The van der Waals surface area contributed by atoms with Crippen molar-refractivity contribution < 1.29 is 19.1 Å². The lowest BCUT2D eigenvalue weighted by Crippen LogP contribution is -2.12. The van der Waals surface area contributed by atoms with Crippen molar-refractivity contribution in [2.24, 2.45) is 0 Å². The minimum absolute atomic E-state index is 0.226. The maximum atomic E-state index is 12.3. The van der Waals surface area contributed by atoms with E-state index >= 15 is 0 Å². The number of aromatic hydroxyl groups is 1. The maximum Gasteiger partial charge on any atom is 0.351 e. The molecule has 0 unspecified atom stereocenters. The van der Waals surface area contributed by atoms with Crippen LogP contribution in [0.2, 0.25) is 0 Å². The van der Waals surface area contributed by atoms with Crippen LogP contribution in [-0.4, -0.2) is 25.9 Å². The lowest BCUT2D eigenvalue weighted by atomic mass is 10.1. The van der Waals surface area contributed by atoms with Crippen LogP contribution < -0.4 is 10.4 Å². The normalized spacial score (nSPS) is 11.1. The summed E-state index contributed by atoms with van der Waals surface area (Å²) in [4.78, 5) is 24.1. The molecule has 0 fully saturated rings. The van der Waals surface area contributed by atoms with Crippen molar-refractivity contribution in [3.8, 4) is 17.2 Å². The van der Waals surface area contributed by atoms with Gasteiger partial charge in [0.05, 0.1) is 11.9 Å². The molecular formula is C24H18BrN3O5. The number of aromatic nitrogens is 3. The van der Waals surface area contributed by atoms with Crippen LogP contribution in [0.15, 0.2) is 80.6 Å². The van der Waals surface area contributed by atoms with Crippen LogP contribution in [-0.2, 0) is 6.61 Å². The lowest BCUT2D eigenvalue weighted by molar-refractivity contribution is 0.104. The van der Waals surface area contributed by atoms with Crippen LogP contribution in [0.25, 0.3) is 11.8 Å². The van der Waals surface area contributed by atoms with Gasteiger partial charge in [0.15, 0.2) is 5.78 Å². The number of benzene rings is 2. The number of aryl methyl sites for hydroxylation is 1. The average Bonchev–Trinajstić information content (AvgIpc) is 3.26. The predicted molar refractivity (Wildman–Crippen MR) is 125 cm³/mol. The monoisotopic (exact) mass is 507 g/mol. The number of carbonyl (C=O) groups excluding carboxylic acids is 1. The standard InChI is InChI=1S/C24H18BrN3O5/c1-15-12-22(30)23(24(31)33-15)21(29)11-4-16-2-9-20(10-3-16)32-14-18-13-28(27-26-18)19-7-5-17(25)6-8-19/h2-13,30H,14H2,1H3/b11-4+. The van der Waals surface area contributed by atoms with Gasteiger partial charge in [-0.1, -0.05) is 39.4 Å². The highest BCUT2D eigenvalue weighted by molar-refractivity contribution is 9.10. The van der Waals surface area contributed by atoms with Crippen molar-refractivity contribution in [3.63, 3.8) is 0 Å². The van der Waals surface area contributed by atoms with Crippen molar-refractivity contribution in [2.45, 2.75) is 13.5 Å². The molecule has 9 heteroatoms. The summed E-state index contributed by atoms with van der Waals surface area (Å²) in [6, 6.07) is 15.9. The first-order valence-electron chi connectivity index (χ1n) is 9.85. The second-order valence-electron chi connectivity index (χ2n) is 7.09. The highest BCUT2D eigenvalue weighted by Gasteiger charge is 2.15. The number of ketones is 1. The van der Waals surface area contributed by atoms with Gasteiger partial charge in [-0.15, -0.1) is 5.10 Å². The molecule has 0 saturated carbocycles. The van der Waals surface area contributed by atoms with Crippen molar-refractivity contribution in [1.29, 1.82) is 0 Å². The molecule has 0 atom stereocenters. The molecule has 4 rings (SSSR count). The number of halogens is 1. The van der Waals surface area contributed by atoms with E-state index in [4.69, 9.17) is 9.15 Å². The van der Waals surface area contributed by atoms with Crippen molar-refractivity contribution in [1.82, 2.24) is 15.0 Å². The second-order valence-corrected chi connectivity index (χ2v) is 8.01. The number of rotatable bonds is 7. The molecule has 0 spiro atoms. The zero-order valence-corrected chi connectivity index (χ0v) is 19.0. The molecule has 0 aliphatic heterocycles. The fourth-order valence-electron chi connectivity index (χ4n) is 3.00. The molecule has 0 aliphatic carbocycles. The van der Waals surface area contributed by atoms with Gasteiger partial charge in [0.1, 0.15) is 35.1 Å². The van der Waals surface area contributed by atoms with E-state index in [2.05, 4.69) is 26.2 Å². The molecule has 0 aliphatic rings. The van der Waals surface area contributed by atoms with Gasteiger partial charge in [-0.2, -0.15) is 0 Å². The minimum Gasteiger partial charge on any atom is -0.507 e. The summed E-state index contributed by atoms with van der Waals surface area (Å²) in [5.74, 6) is -0.201. The fraction of sp³-hybridized carbons (Fsp3) is 0.0833. The Kier molecular flexibility index (Phi) is 6.50. The highest BCUT2D eigenvalue weighted by atomic mass is 79.9. The quantitative estimate of drug-likeness (QED) is 0.290. The minimum atomic E-state index is -0.872. The first kappa shape index (κ1) is 22.2. The van der Waals surface area contributed by atoms with Gasteiger partial charge < -0.3 is 14.3 Å². The van der Waals surface area contributed by atoms with Gasteiger partial charge in [0, 0.05) is 10.5 Å². The lowest BCUT2D eigenvalue weighted by Gasteiger charge is -2.04. The van der Waals surface area contributed by atoms with Gasteiger partial charge in [0.2, 0.25) is 0 Å². The van der Waals surface area contributed by atoms with Gasteiger partial charge in [-0.25, -0.2) is 9.48 Å². The van der Waals surface area contributed by atoms with E-state index in [0.717, 1.165) is 10.2 Å². The van der Waals surface area contributed by atoms with Crippen molar-refractivity contribution in [3.05, 3.63) is 104 Å². The van der Waals surface area contributed by atoms with Gasteiger partial charge in [-0.05, 0) is 55.0 Å². The smallest absolute Gasteiger partial charge is 0.351 e. The molecule has 166 valence electrons. The first-order valence-corrected chi connectivity index (χ1v) is 10.6. The zero-order chi connectivity index (χ0) is 23.4. The fourth-order valence-corrected chi connectivity index (χ4v) is 3.26. The Hall–Kier alpha value is -3.98. The third kappa shape index (κ3) is 5.45. The molecule has 0 saturated heterocycles. The van der Waals surface area contributed by atoms with E-state index in [9.17, 15) is 14.7 Å². The second kappa shape index (κ2) is 9.66. The highest BCUT2D eigenvalue weighted by Crippen LogP contribution is 2.18. The third-order valence-electron chi connectivity index (χ3n) is 4.63. The topological polar surface area (TPSA) is 107 Å². The summed E-state index contributed by atoms with van der Waals surface area (Å²) < 4.78 is 13.3. The van der Waals surface area contributed by atoms with Crippen LogP contribution in [0.4, 0.5) is 0 Å². The molecular weight excluding hydrogens is 490 g/mol. The molecule has 1 N–H and O–H groups in total. The summed E-state index contributed by atoms with van der Waals surface area (Å²) >= 11 is 3.40. The zero-order valence-electron chi connectivity index (χ0n) is 17.4. The molecule has 2 heterocycles. The molecule has 2 aromatic carbocycles. The van der Waals surface area contributed by atoms with Crippen LogP contribution in [0.1, 0.15) is 27.4 Å². The van der Waals surface area contributed by atoms with Crippen LogP contribution >= 0.6 is 15.9 Å². The van der Waals surface area contributed by atoms with Crippen molar-refractivity contribution >= 4 is 27.8 Å². The maximum absolute atomic E-state index is 12.3. The van der Waals surface area contributed by atoms with Crippen LogP contribution in [0.3, 0.4) is 0 Å². The number of ether oxygens (including phenoxy) is 1. The molecule has 0 amide bonds. The average molecular weight is 508 g/mol. The summed E-state index contributed by atoms with van der Waals surface area (Å²) in [6.07, 6.45) is 4.54. The number of carbonyl (C=O) groups is 1. The molecule has 33 heavy (non-hydrogen) atoms. The molecule has 4 aromatic rings. The number of hydrogen-bond acceptors (Lipinski definition) is 7. The number of allylic oxidation sites excluding steroid dienone is 1. The van der Waals surface area contributed by atoms with Gasteiger partial charge in [0.25, 0.3) is 0 Å². The molecule has 2 aromatic heterocycles. The van der Waals surface area contributed by atoms with E-state index in [0.29, 0.717) is 17.0 Å². The number of hydrogen-bond donors (Lipinski definition) is 1. The van der Waals surface area contributed by atoms with Crippen LogP contribution in [0.5, 0.6) is 11.5 Å². The van der Waals surface area contributed by atoms with E-state index in [1.54, 1.807) is 35.1 Å². The Morgan fingerprint density at radius 3 is 2.61 bits per heavy atom. The van der Waals surface area contributed by atoms with Crippen molar-refractivity contribution in [2.75, 3.05) is 0 Å². The first-order chi connectivity index (χ1) is 15.9. The molecule has 0 bridgehead atoms.